The Morgan fingerprint density at radius 2 is 1.89 bits per heavy atom. The fourth-order valence-electron chi connectivity index (χ4n) is 2.09. The number of carbonyl (C=O) groups excluding carboxylic acids is 1. The number of hydrogen-bond donors (Lipinski definition) is 2. The summed E-state index contributed by atoms with van der Waals surface area (Å²) in [4.78, 5) is 11.9. The summed E-state index contributed by atoms with van der Waals surface area (Å²) in [6, 6.07) is 8.00. The average Bonchev–Trinajstić information content (AvgIpc) is 2.36. The van der Waals surface area contributed by atoms with Crippen molar-refractivity contribution in [3.8, 4) is 0 Å². The van der Waals surface area contributed by atoms with Crippen LogP contribution in [0.25, 0.3) is 0 Å². The molecule has 3 nitrogen and oxygen atoms in total. The van der Waals surface area contributed by atoms with Gasteiger partial charge >= 0.3 is 0 Å². The maximum absolute atomic E-state index is 11.9. The Morgan fingerprint density at radius 1 is 1.28 bits per heavy atom. The maximum atomic E-state index is 11.9. The molecule has 0 aromatic heterocycles. The van der Waals surface area contributed by atoms with Gasteiger partial charge in [0.25, 0.3) is 0 Å². The smallest absolute Gasteiger partial charge is 0.222 e. The van der Waals surface area contributed by atoms with E-state index in [2.05, 4.69) is 19.2 Å². The van der Waals surface area contributed by atoms with Gasteiger partial charge in [0, 0.05) is 18.5 Å². The minimum Gasteiger partial charge on any atom is -0.353 e. The second-order valence-electron chi connectivity index (χ2n) is 4.75. The number of amides is 1. The van der Waals surface area contributed by atoms with Crippen molar-refractivity contribution >= 4 is 5.91 Å². The summed E-state index contributed by atoms with van der Waals surface area (Å²) in [6.07, 6.45) is 2.27. The lowest BCUT2D eigenvalue weighted by Gasteiger charge is -2.18. The first-order chi connectivity index (χ1) is 8.58. The van der Waals surface area contributed by atoms with Crippen molar-refractivity contribution in [1.82, 2.24) is 5.32 Å². The topological polar surface area (TPSA) is 55.1 Å². The molecular formula is C15H24N2O. The van der Waals surface area contributed by atoms with E-state index in [-0.39, 0.29) is 18.0 Å². The zero-order chi connectivity index (χ0) is 13.5. The third-order valence-corrected chi connectivity index (χ3v) is 3.34. The van der Waals surface area contributed by atoms with Crippen LogP contribution < -0.4 is 11.1 Å². The molecule has 0 aliphatic carbocycles. The van der Waals surface area contributed by atoms with Crippen LogP contribution >= 0.6 is 0 Å². The number of benzene rings is 1. The van der Waals surface area contributed by atoms with Crippen LogP contribution in [0.1, 0.15) is 50.3 Å². The van der Waals surface area contributed by atoms with Crippen molar-refractivity contribution in [2.75, 3.05) is 0 Å². The van der Waals surface area contributed by atoms with Gasteiger partial charge < -0.3 is 11.1 Å². The van der Waals surface area contributed by atoms with Crippen molar-refractivity contribution < 1.29 is 4.79 Å². The SMILES string of the molecule is CCC(CC)NC(=O)C[C@H](N)c1ccccc1C. The number of nitrogens with two attached hydrogens (primary N) is 1. The highest BCUT2D eigenvalue weighted by atomic mass is 16.1. The molecule has 100 valence electrons. The molecule has 0 saturated heterocycles. The van der Waals surface area contributed by atoms with Gasteiger partial charge in [0.1, 0.15) is 0 Å². The minimum atomic E-state index is -0.222. The number of rotatable bonds is 6. The van der Waals surface area contributed by atoms with Crippen LogP contribution in [-0.4, -0.2) is 11.9 Å². The lowest BCUT2D eigenvalue weighted by Crippen LogP contribution is -2.35. The largest absolute Gasteiger partial charge is 0.353 e. The Labute approximate surface area is 110 Å². The Kier molecular flexibility index (Phi) is 5.86. The van der Waals surface area contributed by atoms with Gasteiger partial charge in [0.15, 0.2) is 0 Å². The van der Waals surface area contributed by atoms with E-state index in [9.17, 15) is 4.79 Å². The van der Waals surface area contributed by atoms with Gasteiger partial charge in [-0.15, -0.1) is 0 Å². The maximum Gasteiger partial charge on any atom is 0.222 e. The standard InChI is InChI=1S/C15H24N2O/c1-4-12(5-2)17-15(18)10-14(16)13-9-7-6-8-11(13)3/h6-9,12,14H,4-5,10,16H2,1-3H3,(H,17,18)/t14-/m0/s1. The highest BCUT2D eigenvalue weighted by Crippen LogP contribution is 2.18. The molecule has 0 unspecified atom stereocenters. The van der Waals surface area contributed by atoms with Crippen molar-refractivity contribution in [2.24, 2.45) is 5.73 Å². The summed E-state index contributed by atoms with van der Waals surface area (Å²) in [5, 5.41) is 3.02. The lowest BCUT2D eigenvalue weighted by atomic mass is 9.99. The van der Waals surface area contributed by atoms with E-state index >= 15 is 0 Å². The molecule has 0 saturated carbocycles. The van der Waals surface area contributed by atoms with Crippen LogP contribution in [0.3, 0.4) is 0 Å². The normalized spacial score (nSPS) is 12.5. The molecule has 1 aromatic rings. The highest BCUT2D eigenvalue weighted by Gasteiger charge is 2.15. The molecule has 0 aliphatic heterocycles. The van der Waals surface area contributed by atoms with Crippen molar-refractivity contribution in [1.29, 1.82) is 0 Å². The van der Waals surface area contributed by atoms with Gasteiger partial charge in [-0.3, -0.25) is 4.79 Å². The molecule has 0 radical (unpaired) electrons. The van der Waals surface area contributed by atoms with Crippen LogP contribution in [0.2, 0.25) is 0 Å². The van der Waals surface area contributed by atoms with Crippen LogP contribution in [0.5, 0.6) is 0 Å². The van der Waals surface area contributed by atoms with E-state index in [1.807, 2.05) is 31.2 Å². The fraction of sp³-hybridized carbons (Fsp3) is 0.533. The Balaban J connectivity index is 2.57. The van der Waals surface area contributed by atoms with Gasteiger partial charge in [-0.1, -0.05) is 38.1 Å². The summed E-state index contributed by atoms with van der Waals surface area (Å²) in [5.74, 6) is 0.0412. The molecule has 1 rings (SSSR count). The summed E-state index contributed by atoms with van der Waals surface area (Å²) in [5.41, 5.74) is 8.29. The number of aryl methyl sites for hydroxylation is 1. The predicted molar refractivity (Wildman–Crippen MR) is 75.2 cm³/mol. The first kappa shape index (κ1) is 14.7. The summed E-state index contributed by atoms with van der Waals surface area (Å²) >= 11 is 0. The van der Waals surface area contributed by atoms with Crippen molar-refractivity contribution in [3.05, 3.63) is 35.4 Å². The van der Waals surface area contributed by atoms with Gasteiger partial charge in [-0.25, -0.2) is 0 Å². The second-order valence-corrected chi connectivity index (χ2v) is 4.75. The first-order valence-electron chi connectivity index (χ1n) is 6.68. The molecule has 1 aromatic carbocycles. The average molecular weight is 248 g/mol. The Morgan fingerprint density at radius 3 is 2.44 bits per heavy atom. The van der Waals surface area contributed by atoms with Gasteiger partial charge in [0.05, 0.1) is 0 Å². The summed E-state index contributed by atoms with van der Waals surface area (Å²) in [6.45, 7) is 6.18. The van der Waals surface area contributed by atoms with Crippen LogP contribution in [0, 0.1) is 6.92 Å². The molecule has 3 heteroatoms. The first-order valence-corrected chi connectivity index (χ1v) is 6.68. The lowest BCUT2D eigenvalue weighted by molar-refractivity contribution is -0.122. The third-order valence-electron chi connectivity index (χ3n) is 3.34. The highest BCUT2D eigenvalue weighted by molar-refractivity contribution is 5.77. The van der Waals surface area contributed by atoms with E-state index in [4.69, 9.17) is 5.73 Å². The third kappa shape index (κ3) is 4.15. The van der Waals surface area contributed by atoms with Gasteiger partial charge in [-0.05, 0) is 30.9 Å². The molecule has 0 spiro atoms. The van der Waals surface area contributed by atoms with E-state index in [0.29, 0.717) is 6.42 Å². The Hall–Kier alpha value is -1.35. The Bertz CT molecular complexity index is 386. The quantitative estimate of drug-likeness (QED) is 0.813. The van der Waals surface area contributed by atoms with E-state index in [1.54, 1.807) is 0 Å². The monoisotopic (exact) mass is 248 g/mol. The van der Waals surface area contributed by atoms with Crippen molar-refractivity contribution in [3.63, 3.8) is 0 Å². The zero-order valence-electron chi connectivity index (χ0n) is 11.6. The van der Waals surface area contributed by atoms with E-state index in [0.717, 1.165) is 24.0 Å². The summed E-state index contributed by atoms with van der Waals surface area (Å²) in [7, 11) is 0. The molecule has 0 aliphatic rings. The minimum absolute atomic E-state index is 0.0412. The van der Waals surface area contributed by atoms with Gasteiger partial charge in [-0.2, -0.15) is 0 Å². The number of hydrogen-bond acceptors (Lipinski definition) is 2. The molecule has 3 N–H and O–H groups in total. The van der Waals surface area contributed by atoms with E-state index in [1.165, 1.54) is 0 Å². The fourth-order valence-corrected chi connectivity index (χ4v) is 2.09. The van der Waals surface area contributed by atoms with Gasteiger partial charge in [0.2, 0.25) is 5.91 Å². The molecule has 18 heavy (non-hydrogen) atoms. The predicted octanol–water partition coefficient (Wildman–Crippen LogP) is 2.69. The van der Waals surface area contributed by atoms with Crippen LogP contribution in [0.4, 0.5) is 0 Å². The molecule has 1 atom stereocenters. The number of nitrogens with one attached hydrogen (secondary N) is 1. The summed E-state index contributed by atoms with van der Waals surface area (Å²) < 4.78 is 0. The molecular weight excluding hydrogens is 224 g/mol. The number of carbonyl (C=O) groups is 1. The van der Waals surface area contributed by atoms with Crippen molar-refractivity contribution in [2.45, 2.75) is 52.1 Å². The molecule has 0 fully saturated rings. The second kappa shape index (κ2) is 7.17. The molecule has 0 bridgehead atoms. The van der Waals surface area contributed by atoms with Crippen LogP contribution in [-0.2, 0) is 4.79 Å². The molecule has 1 amide bonds. The van der Waals surface area contributed by atoms with Crippen LogP contribution in [0.15, 0.2) is 24.3 Å². The van der Waals surface area contributed by atoms with E-state index < -0.39 is 0 Å². The molecule has 0 heterocycles. The zero-order valence-corrected chi connectivity index (χ0v) is 11.6.